The van der Waals surface area contributed by atoms with E-state index in [1.807, 2.05) is 24.3 Å². The van der Waals surface area contributed by atoms with E-state index in [2.05, 4.69) is 18.7 Å². The highest BCUT2D eigenvalue weighted by molar-refractivity contribution is 5.94. The Hall–Kier alpha value is -1.35. The van der Waals surface area contributed by atoms with Crippen LogP contribution in [0.5, 0.6) is 0 Å². The van der Waals surface area contributed by atoms with Gasteiger partial charge in [0.25, 0.3) is 0 Å². The summed E-state index contributed by atoms with van der Waals surface area (Å²) in [5.74, 6) is -0.330. The lowest BCUT2D eigenvalue weighted by atomic mass is 10.0. The molecular weight excluding hydrogens is 224 g/mol. The molecule has 1 rings (SSSR count). The largest absolute Gasteiger partial charge is 0.366 e. The van der Waals surface area contributed by atoms with Crippen molar-refractivity contribution in [1.82, 2.24) is 4.90 Å². The minimum atomic E-state index is -0.330. The summed E-state index contributed by atoms with van der Waals surface area (Å²) >= 11 is 0. The fourth-order valence-corrected chi connectivity index (χ4v) is 2.23. The van der Waals surface area contributed by atoms with Crippen molar-refractivity contribution in [3.05, 3.63) is 35.4 Å². The monoisotopic (exact) mass is 248 g/mol. The second kappa shape index (κ2) is 7.88. The Labute approximate surface area is 110 Å². The van der Waals surface area contributed by atoms with Crippen molar-refractivity contribution in [2.75, 3.05) is 19.6 Å². The van der Waals surface area contributed by atoms with Crippen LogP contribution in [0.25, 0.3) is 0 Å². The average molecular weight is 248 g/mol. The molecule has 0 aliphatic carbocycles. The lowest BCUT2D eigenvalue weighted by Gasteiger charge is -2.21. The van der Waals surface area contributed by atoms with Crippen LogP contribution in [0.15, 0.2) is 24.3 Å². The molecule has 0 radical (unpaired) electrons. The molecule has 0 bridgehead atoms. The summed E-state index contributed by atoms with van der Waals surface area (Å²) in [6, 6.07) is 7.63. The quantitative estimate of drug-likeness (QED) is 0.768. The zero-order valence-corrected chi connectivity index (χ0v) is 11.5. The summed E-state index contributed by atoms with van der Waals surface area (Å²) in [4.78, 5) is 13.8. The van der Waals surface area contributed by atoms with Gasteiger partial charge >= 0.3 is 0 Å². The Morgan fingerprint density at radius 2 is 1.72 bits per heavy atom. The van der Waals surface area contributed by atoms with Gasteiger partial charge in [0.05, 0.1) is 0 Å². The Morgan fingerprint density at radius 1 is 1.11 bits per heavy atom. The minimum absolute atomic E-state index is 0.330. The van der Waals surface area contributed by atoms with Crippen LogP contribution in [0.4, 0.5) is 0 Å². The molecule has 3 heteroatoms. The number of nitrogens with zero attached hydrogens (tertiary/aromatic N) is 1. The molecule has 0 aliphatic heterocycles. The highest BCUT2D eigenvalue weighted by Gasteiger charge is 2.09. The van der Waals surface area contributed by atoms with E-state index in [1.165, 1.54) is 0 Å². The third-order valence-electron chi connectivity index (χ3n) is 3.06. The molecule has 0 fully saturated rings. The van der Waals surface area contributed by atoms with Gasteiger partial charge in [-0.3, -0.25) is 4.79 Å². The number of rotatable bonds is 8. The van der Waals surface area contributed by atoms with Crippen LogP contribution in [-0.2, 0) is 6.42 Å². The first-order valence-corrected chi connectivity index (χ1v) is 6.79. The standard InChI is InChI=1S/C15H24N2O/c1-3-10-17(11-4-2)12-9-13-7-5-6-8-14(13)15(16)18/h5-8H,3-4,9-12H2,1-2H3,(H2,16,18). The average Bonchev–Trinajstić information content (AvgIpc) is 2.36. The Bertz CT molecular complexity index is 371. The molecule has 0 atom stereocenters. The molecule has 100 valence electrons. The van der Waals surface area contributed by atoms with Crippen LogP contribution < -0.4 is 5.73 Å². The first kappa shape index (κ1) is 14.7. The first-order valence-electron chi connectivity index (χ1n) is 6.79. The molecule has 0 heterocycles. The first-order chi connectivity index (χ1) is 8.69. The summed E-state index contributed by atoms with van der Waals surface area (Å²) in [7, 11) is 0. The molecule has 0 aliphatic rings. The van der Waals surface area contributed by atoms with E-state index in [1.54, 1.807) is 0 Å². The summed E-state index contributed by atoms with van der Waals surface area (Å²) in [6.07, 6.45) is 3.22. The number of benzene rings is 1. The van der Waals surface area contributed by atoms with Crippen molar-refractivity contribution in [1.29, 1.82) is 0 Å². The van der Waals surface area contributed by atoms with Crippen molar-refractivity contribution in [3.8, 4) is 0 Å². The molecule has 0 saturated carbocycles. The van der Waals surface area contributed by atoms with Gasteiger partial charge in [-0.25, -0.2) is 0 Å². The van der Waals surface area contributed by atoms with E-state index >= 15 is 0 Å². The number of nitrogens with two attached hydrogens (primary N) is 1. The van der Waals surface area contributed by atoms with Gasteiger partial charge in [0.1, 0.15) is 0 Å². The molecule has 18 heavy (non-hydrogen) atoms. The molecule has 1 aromatic rings. The van der Waals surface area contributed by atoms with Crippen molar-refractivity contribution >= 4 is 5.91 Å². The summed E-state index contributed by atoms with van der Waals surface area (Å²) < 4.78 is 0. The maximum atomic E-state index is 11.3. The third-order valence-corrected chi connectivity index (χ3v) is 3.06. The van der Waals surface area contributed by atoms with Crippen LogP contribution in [0, 0.1) is 0 Å². The lowest BCUT2D eigenvalue weighted by molar-refractivity contribution is 0.0999. The number of carbonyl (C=O) groups excluding carboxylic acids is 1. The lowest BCUT2D eigenvalue weighted by Crippen LogP contribution is -2.28. The molecule has 1 amide bonds. The van der Waals surface area contributed by atoms with Crippen LogP contribution in [-0.4, -0.2) is 30.4 Å². The maximum absolute atomic E-state index is 11.3. The van der Waals surface area contributed by atoms with E-state index in [9.17, 15) is 4.79 Å². The number of primary amides is 1. The molecule has 2 N–H and O–H groups in total. The van der Waals surface area contributed by atoms with Crippen LogP contribution in [0.1, 0.15) is 42.6 Å². The molecule has 0 unspecified atom stereocenters. The van der Waals surface area contributed by atoms with Crippen molar-refractivity contribution in [2.45, 2.75) is 33.1 Å². The predicted molar refractivity (Wildman–Crippen MR) is 75.7 cm³/mol. The molecule has 0 spiro atoms. The predicted octanol–water partition coefficient (Wildman–Crippen LogP) is 2.45. The molecule has 0 aromatic heterocycles. The van der Waals surface area contributed by atoms with Crippen LogP contribution >= 0.6 is 0 Å². The summed E-state index contributed by atoms with van der Waals surface area (Å²) in [6.45, 7) is 7.62. The van der Waals surface area contributed by atoms with E-state index in [-0.39, 0.29) is 5.91 Å². The van der Waals surface area contributed by atoms with Crippen LogP contribution in [0.3, 0.4) is 0 Å². The summed E-state index contributed by atoms with van der Waals surface area (Å²) in [5.41, 5.74) is 7.10. The maximum Gasteiger partial charge on any atom is 0.248 e. The van der Waals surface area contributed by atoms with Crippen molar-refractivity contribution in [2.24, 2.45) is 5.73 Å². The Kier molecular flexibility index (Phi) is 6.44. The topological polar surface area (TPSA) is 46.3 Å². The van der Waals surface area contributed by atoms with Gasteiger partial charge in [-0.05, 0) is 44.0 Å². The molecular formula is C15H24N2O. The van der Waals surface area contributed by atoms with Gasteiger partial charge in [0.15, 0.2) is 0 Å². The van der Waals surface area contributed by atoms with E-state index < -0.39 is 0 Å². The van der Waals surface area contributed by atoms with E-state index in [4.69, 9.17) is 5.73 Å². The Balaban J connectivity index is 2.63. The van der Waals surface area contributed by atoms with Gasteiger partial charge in [-0.1, -0.05) is 32.0 Å². The van der Waals surface area contributed by atoms with Crippen molar-refractivity contribution < 1.29 is 4.79 Å². The highest BCUT2D eigenvalue weighted by atomic mass is 16.1. The fraction of sp³-hybridized carbons (Fsp3) is 0.533. The van der Waals surface area contributed by atoms with E-state index in [0.717, 1.165) is 44.5 Å². The second-order valence-electron chi connectivity index (χ2n) is 4.61. The zero-order valence-electron chi connectivity index (χ0n) is 11.5. The molecule has 0 saturated heterocycles. The van der Waals surface area contributed by atoms with Crippen molar-refractivity contribution in [3.63, 3.8) is 0 Å². The van der Waals surface area contributed by atoms with Crippen LogP contribution in [0.2, 0.25) is 0 Å². The number of carbonyl (C=O) groups is 1. The second-order valence-corrected chi connectivity index (χ2v) is 4.61. The normalized spacial score (nSPS) is 10.8. The highest BCUT2D eigenvalue weighted by Crippen LogP contribution is 2.10. The zero-order chi connectivity index (χ0) is 13.4. The third kappa shape index (κ3) is 4.49. The fourth-order valence-electron chi connectivity index (χ4n) is 2.23. The summed E-state index contributed by atoms with van der Waals surface area (Å²) in [5, 5.41) is 0. The number of hydrogen-bond donors (Lipinski definition) is 1. The van der Waals surface area contributed by atoms with Gasteiger partial charge in [-0.15, -0.1) is 0 Å². The Morgan fingerprint density at radius 3 is 2.28 bits per heavy atom. The molecule has 1 aromatic carbocycles. The molecule has 3 nitrogen and oxygen atoms in total. The van der Waals surface area contributed by atoms with Gasteiger partial charge < -0.3 is 10.6 Å². The van der Waals surface area contributed by atoms with E-state index in [0.29, 0.717) is 5.56 Å². The number of amides is 1. The van der Waals surface area contributed by atoms with Gasteiger partial charge in [-0.2, -0.15) is 0 Å². The van der Waals surface area contributed by atoms with Gasteiger partial charge in [0, 0.05) is 12.1 Å². The SMILES string of the molecule is CCCN(CCC)CCc1ccccc1C(N)=O. The minimum Gasteiger partial charge on any atom is -0.366 e. The van der Waals surface area contributed by atoms with Gasteiger partial charge in [0.2, 0.25) is 5.91 Å². The smallest absolute Gasteiger partial charge is 0.248 e. The number of hydrogen-bond acceptors (Lipinski definition) is 2.